The Morgan fingerprint density at radius 2 is 1.84 bits per heavy atom. The summed E-state index contributed by atoms with van der Waals surface area (Å²) in [5.41, 5.74) is 1.55. The van der Waals surface area contributed by atoms with E-state index in [1.54, 1.807) is 31.2 Å². The summed E-state index contributed by atoms with van der Waals surface area (Å²) < 4.78 is 5.27. The van der Waals surface area contributed by atoms with Gasteiger partial charge in [-0.3, -0.25) is 4.79 Å². The maximum Gasteiger partial charge on any atom is 0.352 e. The normalized spacial score (nSPS) is 11.0. The van der Waals surface area contributed by atoms with Crippen molar-refractivity contribution in [3.63, 3.8) is 0 Å². The summed E-state index contributed by atoms with van der Waals surface area (Å²) in [5.74, 6) is -1.59. The van der Waals surface area contributed by atoms with E-state index in [9.17, 15) is 19.8 Å². The zero-order chi connectivity index (χ0) is 18.4. The molecular weight excluding hydrogens is 322 g/mol. The van der Waals surface area contributed by atoms with Crippen LogP contribution in [0.3, 0.4) is 0 Å². The van der Waals surface area contributed by atoms with Crippen molar-refractivity contribution in [1.82, 2.24) is 5.32 Å². The van der Waals surface area contributed by atoms with Crippen molar-refractivity contribution < 1.29 is 24.5 Å². The van der Waals surface area contributed by atoms with Crippen molar-refractivity contribution in [2.75, 3.05) is 6.61 Å². The van der Waals surface area contributed by atoms with E-state index in [-0.39, 0.29) is 17.2 Å². The minimum Gasteiger partial charge on any atom is -0.504 e. The second-order valence-corrected chi connectivity index (χ2v) is 5.34. The highest BCUT2D eigenvalue weighted by Crippen LogP contribution is 2.27. The van der Waals surface area contributed by atoms with Crippen LogP contribution in [0.15, 0.2) is 48.2 Å². The van der Waals surface area contributed by atoms with Gasteiger partial charge in [-0.1, -0.05) is 23.8 Å². The molecule has 130 valence electrons. The van der Waals surface area contributed by atoms with Gasteiger partial charge in [-0.25, -0.2) is 4.79 Å². The molecule has 0 fully saturated rings. The van der Waals surface area contributed by atoms with E-state index in [0.29, 0.717) is 17.7 Å². The maximum atomic E-state index is 12.2. The fourth-order valence-electron chi connectivity index (χ4n) is 2.11. The van der Waals surface area contributed by atoms with Crippen molar-refractivity contribution in [1.29, 1.82) is 0 Å². The number of phenols is 1. The molecule has 0 aliphatic heterocycles. The average molecular weight is 341 g/mol. The number of rotatable bonds is 6. The van der Waals surface area contributed by atoms with Crippen LogP contribution in [0.4, 0.5) is 0 Å². The lowest BCUT2D eigenvalue weighted by Gasteiger charge is -2.09. The van der Waals surface area contributed by atoms with E-state index >= 15 is 0 Å². The van der Waals surface area contributed by atoms with E-state index in [1.807, 2.05) is 6.92 Å². The molecule has 0 aliphatic carbocycles. The highest BCUT2D eigenvalue weighted by Gasteiger charge is 2.14. The lowest BCUT2D eigenvalue weighted by atomic mass is 10.1. The van der Waals surface area contributed by atoms with Crippen LogP contribution in [0, 0.1) is 6.92 Å². The number of amides is 1. The minimum atomic E-state index is -1.27. The van der Waals surface area contributed by atoms with Gasteiger partial charge in [0.2, 0.25) is 0 Å². The van der Waals surface area contributed by atoms with Crippen LogP contribution in [-0.4, -0.2) is 28.7 Å². The fourth-order valence-corrected chi connectivity index (χ4v) is 2.11. The number of aromatic hydroxyl groups is 1. The van der Waals surface area contributed by atoms with Gasteiger partial charge in [0.05, 0.1) is 6.61 Å². The first-order chi connectivity index (χ1) is 11.9. The summed E-state index contributed by atoms with van der Waals surface area (Å²) in [6.45, 7) is 4.02. The molecule has 2 rings (SSSR count). The predicted molar refractivity (Wildman–Crippen MR) is 93.5 cm³/mol. The highest BCUT2D eigenvalue weighted by molar-refractivity contribution is 6.02. The van der Waals surface area contributed by atoms with Crippen LogP contribution in [-0.2, 0) is 4.79 Å². The topological polar surface area (TPSA) is 95.9 Å². The summed E-state index contributed by atoms with van der Waals surface area (Å²) in [4.78, 5) is 23.6. The maximum absolute atomic E-state index is 12.2. The number of hydrogen-bond donors (Lipinski definition) is 3. The highest BCUT2D eigenvalue weighted by atomic mass is 16.5. The van der Waals surface area contributed by atoms with Crippen molar-refractivity contribution in [3.8, 4) is 11.5 Å². The molecule has 1 amide bonds. The number of phenolic OH excluding ortho intramolecular Hbond substituents is 1. The van der Waals surface area contributed by atoms with Gasteiger partial charge < -0.3 is 20.3 Å². The first-order valence-electron chi connectivity index (χ1n) is 7.69. The second kappa shape index (κ2) is 8.01. The van der Waals surface area contributed by atoms with Crippen LogP contribution in [0.5, 0.6) is 11.5 Å². The molecule has 0 heterocycles. The van der Waals surface area contributed by atoms with E-state index in [4.69, 9.17) is 4.74 Å². The molecule has 0 aromatic heterocycles. The van der Waals surface area contributed by atoms with E-state index in [1.165, 1.54) is 24.3 Å². The van der Waals surface area contributed by atoms with Gasteiger partial charge in [0, 0.05) is 5.56 Å². The van der Waals surface area contributed by atoms with Crippen molar-refractivity contribution in [2.45, 2.75) is 13.8 Å². The first-order valence-corrected chi connectivity index (χ1v) is 7.69. The smallest absolute Gasteiger partial charge is 0.352 e. The van der Waals surface area contributed by atoms with Crippen molar-refractivity contribution in [3.05, 3.63) is 64.9 Å². The van der Waals surface area contributed by atoms with Gasteiger partial charge in [0.15, 0.2) is 11.5 Å². The van der Waals surface area contributed by atoms with E-state index < -0.39 is 11.9 Å². The SMILES string of the molecule is CCOc1cc(C=C(NC(=O)c2ccc(C)cc2)C(=O)O)ccc1O. The number of carboxylic acids is 1. The molecule has 2 aromatic carbocycles. The van der Waals surface area contributed by atoms with E-state index in [0.717, 1.165) is 5.56 Å². The van der Waals surface area contributed by atoms with Crippen molar-refractivity contribution in [2.24, 2.45) is 0 Å². The van der Waals surface area contributed by atoms with Gasteiger partial charge in [0.1, 0.15) is 5.70 Å². The molecule has 0 atom stereocenters. The molecule has 0 saturated heterocycles. The minimum absolute atomic E-state index is 0.0421. The Kier molecular flexibility index (Phi) is 5.79. The van der Waals surface area contributed by atoms with Crippen LogP contribution in [0.25, 0.3) is 6.08 Å². The number of carboxylic acid groups (broad SMARTS) is 1. The Hall–Kier alpha value is -3.28. The van der Waals surface area contributed by atoms with Crippen molar-refractivity contribution >= 4 is 18.0 Å². The molecule has 0 unspecified atom stereocenters. The molecule has 0 saturated carbocycles. The average Bonchev–Trinajstić information content (AvgIpc) is 2.57. The predicted octanol–water partition coefficient (Wildman–Crippen LogP) is 2.95. The molecule has 0 spiro atoms. The molecule has 6 nitrogen and oxygen atoms in total. The lowest BCUT2D eigenvalue weighted by Crippen LogP contribution is -2.27. The summed E-state index contributed by atoms with van der Waals surface area (Å²) in [6.07, 6.45) is 1.30. The number of aryl methyl sites for hydroxylation is 1. The summed E-state index contributed by atoms with van der Waals surface area (Å²) >= 11 is 0. The van der Waals surface area contributed by atoms with Gasteiger partial charge >= 0.3 is 5.97 Å². The number of carbonyl (C=O) groups is 2. The first kappa shape index (κ1) is 18.1. The third-order valence-electron chi connectivity index (χ3n) is 3.39. The number of ether oxygens (including phenoxy) is 1. The molecule has 6 heteroatoms. The number of benzene rings is 2. The molecule has 0 aliphatic rings. The third-order valence-corrected chi connectivity index (χ3v) is 3.39. The summed E-state index contributed by atoms with van der Waals surface area (Å²) in [7, 11) is 0. The third kappa shape index (κ3) is 4.84. The Balaban J connectivity index is 2.27. The van der Waals surface area contributed by atoms with Crippen LogP contribution >= 0.6 is 0 Å². The quantitative estimate of drug-likeness (QED) is 0.702. The Labute approximate surface area is 145 Å². The number of aliphatic carboxylic acids is 1. The fraction of sp³-hybridized carbons (Fsp3) is 0.158. The van der Waals surface area contributed by atoms with Gasteiger partial charge in [-0.15, -0.1) is 0 Å². The molecule has 2 aromatic rings. The molecule has 0 radical (unpaired) electrons. The zero-order valence-corrected chi connectivity index (χ0v) is 13.9. The Morgan fingerprint density at radius 3 is 2.44 bits per heavy atom. The zero-order valence-electron chi connectivity index (χ0n) is 13.9. The number of nitrogens with one attached hydrogen (secondary N) is 1. The Bertz CT molecular complexity index is 809. The summed E-state index contributed by atoms with van der Waals surface area (Å²) in [5, 5.41) is 21.4. The van der Waals surface area contributed by atoms with Gasteiger partial charge in [0.25, 0.3) is 5.91 Å². The second-order valence-electron chi connectivity index (χ2n) is 5.34. The number of hydrogen-bond acceptors (Lipinski definition) is 4. The van der Waals surface area contributed by atoms with Crippen LogP contribution in [0.2, 0.25) is 0 Å². The van der Waals surface area contributed by atoms with Crippen LogP contribution in [0.1, 0.15) is 28.4 Å². The molecule has 25 heavy (non-hydrogen) atoms. The summed E-state index contributed by atoms with van der Waals surface area (Å²) in [6, 6.07) is 11.2. The molecular formula is C19H19NO5. The molecule has 3 N–H and O–H groups in total. The Morgan fingerprint density at radius 1 is 1.16 bits per heavy atom. The van der Waals surface area contributed by atoms with E-state index in [2.05, 4.69) is 5.32 Å². The van der Waals surface area contributed by atoms with Gasteiger partial charge in [-0.05, 0) is 49.8 Å². The standard InChI is InChI=1S/C19H19NO5/c1-3-25-17-11-13(6-9-16(17)21)10-15(19(23)24)20-18(22)14-7-4-12(2)5-8-14/h4-11,21H,3H2,1-2H3,(H,20,22)(H,23,24). The van der Waals surface area contributed by atoms with Gasteiger partial charge in [-0.2, -0.15) is 0 Å². The molecule has 0 bridgehead atoms. The van der Waals surface area contributed by atoms with Crippen LogP contribution < -0.4 is 10.1 Å². The number of carbonyl (C=O) groups excluding carboxylic acids is 1. The largest absolute Gasteiger partial charge is 0.504 e. The monoisotopic (exact) mass is 341 g/mol. The lowest BCUT2D eigenvalue weighted by molar-refractivity contribution is -0.132.